The Bertz CT molecular complexity index is 1010. The van der Waals surface area contributed by atoms with Crippen molar-refractivity contribution in [1.29, 1.82) is 0 Å². The minimum Gasteiger partial charge on any atom is -0.497 e. The van der Waals surface area contributed by atoms with Crippen LogP contribution in [0.1, 0.15) is 64.7 Å². The summed E-state index contributed by atoms with van der Waals surface area (Å²) in [6.07, 6.45) is 3.88. The monoisotopic (exact) mass is 484 g/mol. The number of carbonyl (C=O) groups excluding carboxylic acids is 2. The molecule has 1 aromatic carbocycles. The van der Waals surface area contributed by atoms with Crippen molar-refractivity contribution in [3.05, 3.63) is 30.2 Å². The number of ether oxygens (including phenoxy) is 2. The lowest BCUT2D eigenvalue weighted by molar-refractivity contribution is -0.126. The first-order valence-electron chi connectivity index (χ1n) is 12.5. The fourth-order valence-corrected chi connectivity index (χ4v) is 4.74. The van der Waals surface area contributed by atoms with E-state index >= 15 is 0 Å². The van der Waals surface area contributed by atoms with E-state index in [2.05, 4.69) is 15.5 Å². The summed E-state index contributed by atoms with van der Waals surface area (Å²) in [7, 11) is 1.63. The van der Waals surface area contributed by atoms with E-state index < -0.39 is 5.60 Å². The number of rotatable bonds is 6. The van der Waals surface area contributed by atoms with Crippen LogP contribution in [0.4, 0.5) is 4.79 Å². The Morgan fingerprint density at radius 1 is 1.11 bits per heavy atom. The van der Waals surface area contributed by atoms with Gasteiger partial charge >= 0.3 is 6.09 Å². The molecular formula is C26H36N4O5. The molecule has 9 heteroatoms. The number of methoxy groups -OCH3 is 1. The van der Waals surface area contributed by atoms with Gasteiger partial charge in [-0.25, -0.2) is 4.79 Å². The van der Waals surface area contributed by atoms with Crippen molar-refractivity contribution < 1.29 is 23.6 Å². The normalized spacial score (nSPS) is 22.6. The highest BCUT2D eigenvalue weighted by Crippen LogP contribution is 2.36. The highest BCUT2D eigenvalue weighted by Gasteiger charge is 2.32. The zero-order chi connectivity index (χ0) is 25.0. The summed E-state index contributed by atoms with van der Waals surface area (Å²) in [6, 6.07) is 7.56. The number of carbonyl (C=O) groups is 2. The average Bonchev–Trinajstić information content (AvgIpc) is 3.52. The van der Waals surface area contributed by atoms with E-state index in [0.29, 0.717) is 31.3 Å². The van der Waals surface area contributed by atoms with Crippen LogP contribution in [0.5, 0.6) is 5.75 Å². The minimum atomic E-state index is -0.499. The van der Waals surface area contributed by atoms with Crippen LogP contribution in [-0.4, -0.2) is 59.4 Å². The standard InChI is InChI=1S/C26H36N4O5/c1-26(2,3)34-25(32)30-14-13-17(16-30)15-27-23(31)19-5-7-20(8-6-19)24-28-22(29-35-24)18-9-11-21(33-4)12-10-18/h9-12,17,19-20H,5-8,13-16H2,1-4H3,(H,27,31). The van der Waals surface area contributed by atoms with Gasteiger partial charge in [0, 0.05) is 37.0 Å². The van der Waals surface area contributed by atoms with Crippen molar-refractivity contribution >= 4 is 12.0 Å². The SMILES string of the molecule is COc1ccc(-c2noc(C3CCC(C(=O)NCC4CCN(C(=O)OC(C)(C)C)C4)CC3)n2)cc1. The number of hydrogen-bond acceptors (Lipinski definition) is 7. The third-order valence-electron chi connectivity index (χ3n) is 6.74. The molecule has 1 unspecified atom stereocenters. The molecule has 190 valence electrons. The third-order valence-corrected chi connectivity index (χ3v) is 6.74. The van der Waals surface area contributed by atoms with Crippen LogP contribution in [0.25, 0.3) is 11.4 Å². The van der Waals surface area contributed by atoms with E-state index in [9.17, 15) is 9.59 Å². The van der Waals surface area contributed by atoms with Crippen molar-refractivity contribution in [2.24, 2.45) is 11.8 Å². The van der Waals surface area contributed by atoms with Gasteiger partial charge < -0.3 is 24.2 Å². The summed E-state index contributed by atoms with van der Waals surface area (Å²) in [5, 5.41) is 7.25. The smallest absolute Gasteiger partial charge is 0.410 e. The average molecular weight is 485 g/mol. The summed E-state index contributed by atoms with van der Waals surface area (Å²) in [4.78, 5) is 31.3. The maximum atomic E-state index is 12.8. The predicted octanol–water partition coefficient (Wildman–Crippen LogP) is 4.39. The molecule has 1 saturated carbocycles. The molecular weight excluding hydrogens is 448 g/mol. The van der Waals surface area contributed by atoms with Gasteiger partial charge in [0.15, 0.2) is 0 Å². The van der Waals surface area contributed by atoms with Crippen LogP contribution < -0.4 is 10.1 Å². The third kappa shape index (κ3) is 6.52. The fraction of sp³-hybridized carbons (Fsp3) is 0.615. The highest BCUT2D eigenvalue weighted by atomic mass is 16.6. The fourth-order valence-electron chi connectivity index (χ4n) is 4.74. The molecule has 2 fully saturated rings. The lowest BCUT2D eigenvalue weighted by atomic mass is 9.81. The summed E-state index contributed by atoms with van der Waals surface area (Å²) in [5.74, 6) is 2.53. The van der Waals surface area contributed by atoms with Gasteiger partial charge in [0.1, 0.15) is 11.4 Å². The van der Waals surface area contributed by atoms with E-state index in [1.54, 1.807) is 12.0 Å². The van der Waals surface area contributed by atoms with Gasteiger partial charge in [-0.1, -0.05) is 5.16 Å². The minimum absolute atomic E-state index is 0.00130. The summed E-state index contributed by atoms with van der Waals surface area (Å²) in [6.45, 7) is 7.48. The van der Waals surface area contributed by atoms with Gasteiger partial charge in [-0.3, -0.25) is 4.79 Å². The van der Waals surface area contributed by atoms with E-state index in [0.717, 1.165) is 43.4 Å². The Kier molecular flexibility index (Phi) is 7.62. The van der Waals surface area contributed by atoms with Gasteiger partial charge in [-0.05, 0) is 83.1 Å². The van der Waals surface area contributed by atoms with Crippen molar-refractivity contribution in [2.75, 3.05) is 26.7 Å². The molecule has 1 aromatic heterocycles. The topological polar surface area (TPSA) is 107 Å². The number of hydrogen-bond donors (Lipinski definition) is 1. The van der Waals surface area contributed by atoms with E-state index in [-0.39, 0.29) is 29.8 Å². The molecule has 1 saturated heterocycles. The van der Waals surface area contributed by atoms with Crippen molar-refractivity contribution in [2.45, 2.75) is 64.4 Å². The van der Waals surface area contributed by atoms with Crippen LogP contribution in [0.2, 0.25) is 0 Å². The number of nitrogens with zero attached hydrogens (tertiary/aromatic N) is 3. The molecule has 2 aromatic rings. The summed E-state index contributed by atoms with van der Waals surface area (Å²) in [5.41, 5.74) is 0.381. The van der Waals surface area contributed by atoms with Crippen LogP contribution in [0.3, 0.4) is 0 Å². The molecule has 2 amide bonds. The molecule has 2 aliphatic rings. The van der Waals surface area contributed by atoms with E-state index in [1.165, 1.54) is 0 Å². The first kappa shape index (κ1) is 25.0. The largest absolute Gasteiger partial charge is 0.497 e. The zero-order valence-corrected chi connectivity index (χ0v) is 21.1. The van der Waals surface area contributed by atoms with Crippen molar-refractivity contribution in [1.82, 2.24) is 20.4 Å². The van der Waals surface area contributed by atoms with Crippen LogP contribution in [-0.2, 0) is 9.53 Å². The molecule has 1 N–H and O–H groups in total. The quantitative estimate of drug-likeness (QED) is 0.648. The second-order valence-electron chi connectivity index (χ2n) is 10.6. The predicted molar refractivity (Wildman–Crippen MR) is 130 cm³/mol. The number of benzene rings is 1. The Balaban J connectivity index is 1.20. The van der Waals surface area contributed by atoms with Crippen LogP contribution >= 0.6 is 0 Å². The second kappa shape index (κ2) is 10.7. The lowest BCUT2D eigenvalue weighted by Crippen LogP contribution is -2.38. The van der Waals surface area contributed by atoms with Crippen molar-refractivity contribution in [3.8, 4) is 17.1 Å². The number of amides is 2. The first-order valence-corrected chi connectivity index (χ1v) is 12.5. The van der Waals surface area contributed by atoms with Crippen molar-refractivity contribution in [3.63, 3.8) is 0 Å². The number of aromatic nitrogens is 2. The molecule has 4 rings (SSSR count). The highest BCUT2D eigenvalue weighted by molar-refractivity contribution is 5.78. The van der Waals surface area contributed by atoms with E-state index in [4.69, 9.17) is 14.0 Å². The first-order chi connectivity index (χ1) is 16.7. The molecule has 0 bridgehead atoms. The van der Waals surface area contributed by atoms with Crippen LogP contribution in [0.15, 0.2) is 28.8 Å². The Labute approximate surface area is 206 Å². The maximum absolute atomic E-state index is 12.8. The molecule has 2 heterocycles. The number of nitrogens with one attached hydrogen (secondary N) is 1. The second-order valence-corrected chi connectivity index (χ2v) is 10.6. The van der Waals surface area contributed by atoms with Crippen LogP contribution in [0, 0.1) is 11.8 Å². The lowest BCUT2D eigenvalue weighted by Gasteiger charge is -2.26. The maximum Gasteiger partial charge on any atom is 0.410 e. The summed E-state index contributed by atoms with van der Waals surface area (Å²) < 4.78 is 16.2. The van der Waals surface area contributed by atoms with Gasteiger partial charge in [0.05, 0.1) is 7.11 Å². The molecule has 1 aliphatic heterocycles. The molecule has 1 aliphatic carbocycles. The molecule has 35 heavy (non-hydrogen) atoms. The number of likely N-dealkylation sites (tertiary alicyclic amines) is 1. The Morgan fingerprint density at radius 3 is 2.49 bits per heavy atom. The molecule has 9 nitrogen and oxygen atoms in total. The van der Waals surface area contributed by atoms with E-state index in [1.807, 2.05) is 45.0 Å². The van der Waals surface area contributed by atoms with Gasteiger partial charge in [0.25, 0.3) is 0 Å². The van der Waals surface area contributed by atoms with Gasteiger partial charge in [0.2, 0.25) is 17.6 Å². The van der Waals surface area contributed by atoms with Gasteiger partial charge in [-0.15, -0.1) is 0 Å². The Hall–Kier alpha value is -3.10. The Morgan fingerprint density at radius 2 is 1.83 bits per heavy atom. The zero-order valence-electron chi connectivity index (χ0n) is 21.1. The molecule has 0 spiro atoms. The van der Waals surface area contributed by atoms with Gasteiger partial charge in [-0.2, -0.15) is 4.98 Å². The molecule has 0 radical (unpaired) electrons. The summed E-state index contributed by atoms with van der Waals surface area (Å²) >= 11 is 0. The molecule has 1 atom stereocenters.